The van der Waals surface area contributed by atoms with Gasteiger partial charge in [0.2, 0.25) is 0 Å². The Morgan fingerprint density at radius 2 is 2.36 bits per heavy atom. The zero-order valence-electron chi connectivity index (χ0n) is 14.0. The number of nitrogens with zero attached hydrogens (tertiary/aromatic N) is 2. The van der Waals surface area contributed by atoms with Gasteiger partial charge < -0.3 is 19.9 Å². The van der Waals surface area contributed by atoms with Crippen molar-refractivity contribution in [3.63, 3.8) is 0 Å². The van der Waals surface area contributed by atoms with Crippen molar-refractivity contribution in [3.8, 4) is 0 Å². The zero-order chi connectivity index (χ0) is 17.5. The van der Waals surface area contributed by atoms with Crippen molar-refractivity contribution in [3.05, 3.63) is 53.9 Å². The Morgan fingerprint density at radius 3 is 3.16 bits per heavy atom. The number of aromatic nitrogens is 2. The highest BCUT2D eigenvalue weighted by Gasteiger charge is 2.28. The van der Waals surface area contributed by atoms with Gasteiger partial charge in [-0.3, -0.25) is 9.48 Å². The zero-order valence-corrected chi connectivity index (χ0v) is 14.0. The third-order valence-electron chi connectivity index (χ3n) is 4.13. The van der Waals surface area contributed by atoms with E-state index in [1.54, 1.807) is 12.3 Å². The van der Waals surface area contributed by atoms with Gasteiger partial charge in [0.25, 0.3) is 5.91 Å². The molecule has 1 aliphatic heterocycles. The van der Waals surface area contributed by atoms with Crippen LogP contribution in [-0.4, -0.2) is 59.4 Å². The summed E-state index contributed by atoms with van der Waals surface area (Å²) in [4.78, 5) is 12.6. The lowest BCUT2D eigenvalue weighted by atomic mass is 10.0. The number of benzene rings is 1. The lowest BCUT2D eigenvalue weighted by molar-refractivity contribution is -0.0612. The van der Waals surface area contributed by atoms with Crippen LogP contribution in [0.15, 0.2) is 42.7 Å². The predicted octanol–water partition coefficient (Wildman–Crippen LogP) is 0.828. The molecule has 0 bridgehead atoms. The number of ether oxygens (including phenoxy) is 2. The second-order valence-corrected chi connectivity index (χ2v) is 5.98. The molecule has 0 spiro atoms. The molecule has 1 aromatic carbocycles. The summed E-state index contributed by atoms with van der Waals surface area (Å²) < 4.78 is 12.9. The molecule has 134 valence electrons. The number of carbonyl (C=O) groups excluding carboxylic acids is 1. The van der Waals surface area contributed by atoms with Gasteiger partial charge in [-0.1, -0.05) is 12.1 Å². The maximum absolute atomic E-state index is 12.6. The fourth-order valence-electron chi connectivity index (χ4n) is 2.90. The van der Waals surface area contributed by atoms with Crippen molar-refractivity contribution in [1.29, 1.82) is 0 Å². The van der Waals surface area contributed by atoms with Gasteiger partial charge in [-0.2, -0.15) is 5.10 Å². The highest BCUT2D eigenvalue weighted by atomic mass is 16.5. The molecule has 0 radical (unpaired) electrons. The fourth-order valence-corrected chi connectivity index (χ4v) is 2.90. The number of nitrogens with one attached hydrogen (secondary N) is 1. The molecule has 1 aromatic heterocycles. The number of aliphatic hydroxyl groups is 1. The second-order valence-electron chi connectivity index (χ2n) is 5.98. The predicted molar refractivity (Wildman–Crippen MR) is 91.3 cm³/mol. The maximum atomic E-state index is 12.6. The maximum Gasteiger partial charge on any atom is 0.251 e. The van der Waals surface area contributed by atoms with E-state index >= 15 is 0 Å². The standard InChI is InChI=1S/C18H23N3O4/c22-8-10-25-17-5-9-24-13-16(17)20-18(23)15-4-1-3-14(11-15)12-21-7-2-6-19-21/h1-4,6-7,11,16-17,22H,5,8-10,12-13H2,(H,20,23)/t16-,17+/m0/s1. The average molecular weight is 345 g/mol. The largest absolute Gasteiger partial charge is 0.394 e. The molecule has 0 saturated carbocycles. The van der Waals surface area contributed by atoms with Gasteiger partial charge >= 0.3 is 0 Å². The SMILES string of the molecule is O=C(N[C@H]1COCC[C@H]1OCCO)c1cccc(Cn2cccn2)c1. The van der Waals surface area contributed by atoms with Crippen molar-refractivity contribution < 1.29 is 19.4 Å². The van der Waals surface area contributed by atoms with Gasteiger partial charge in [0.05, 0.1) is 38.5 Å². The van der Waals surface area contributed by atoms with Gasteiger partial charge in [-0.25, -0.2) is 0 Å². The quantitative estimate of drug-likeness (QED) is 0.776. The molecule has 2 heterocycles. The molecule has 3 rings (SSSR count). The van der Waals surface area contributed by atoms with Crippen LogP contribution in [-0.2, 0) is 16.0 Å². The summed E-state index contributed by atoms with van der Waals surface area (Å²) >= 11 is 0. The van der Waals surface area contributed by atoms with Crippen molar-refractivity contribution >= 4 is 5.91 Å². The number of aliphatic hydroxyl groups excluding tert-OH is 1. The number of carbonyl (C=O) groups is 1. The minimum atomic E-state index is -0.220. The summed E-state index contributed by atoms with van der Waals surface area (Å²) in [6.07, 6.45) is 4.17. The van der Waals surface area contributed by atoms with Crippen molar-refractivity contribution in [2.45, 2.75) is 25.1 Å². The first-order valence-corrected chi connectivity index (χ1v) is 8.43. The molecule has 2 aromatic rings. The molecule has 0 unspecified atom stereocenters. The van der Waals surface area contributed by atoms with Crippen LogP contribution in [0.3, 0.4) is 0 Å². The average Bonchev–Trinajstić information content (AvgIpc) is 3.14. The molecular weight excluding hydrogens is 322 g/mol. The highest BCUT2D eigenvalue weighted by molar-refractivity contribution is 5.94. The first-order chi connectivity index (χ1) is 12.3. The van der Waals surface area contributed by atoms with E-state index in [0.717, 1.165) is 5.56 Å². The second kappa shape index (κ2) is 8.75. The minimum Gasteiger partial charge on any atom is -0.394 e. The summed E-state index contributed by atoms with van der Waals surface area (Å²) in [6, 6.07) is 9.13. The summed E-state index contributed by atoms with van der Waals surface area (Å²) in [5.74, 6) is -0.157. The molecule has 25 heavy (non-hydrogen) atoms. The Hall–Kier alpha value is -2.22. The number of rotatable bonds is 7. The van der Waals surface area contributed by atoms with Crippen LogP contribution >= 0.6 is 0 Å². The fraction of sp³-hybridized carbons (Fsp3) is 0.444. The number of hydrogen-bond donors (Lipinski definition) is 2. The molecule has 1 aliphatic rings. The third kappa shape index (κ3) is 4.88. The summed E-state index contributed by atoms with van der Waals surface area (Å²) in [5, 5.41) is 16.1. The van der Waals surface area contributed by atoms with Crippen LogP contribution in [0.2, 0.25) is 0 Å². The Balaban J connectivity index is 1.63. The monoisotopic (exact) mass is 345 g/mol. The molecule has 1 fully saturated rings. The first-order valence-electron chi connectivity index (χ1n) is 8.43. The van der Waals surface area contributed by atoms with E-state index in [2.05, 4.69) is 10.4 Å². The van der Waals surface area contributed by atoms with Crippen LogP contribution in [0.5, 0.6) is 0 Å². The summed E-state index contributed by atoms with van der Waals surface area (Å²) in [6.45, 7) is 1.85. The number of amides is 1. The van der Waals surface area contributed by atoms with Crippen molar-refractivity contribution in [2.75, 3.05) is 26.4 Å². The van der Waals surface area contributed by atoms with Crippen LogP contribution < -0.4 is 5.32 Å². The molecule has 1 amide bonds. The molecule has 2 atom stereocenters. The Kier molecular flexibility index (Phi) is 6.16. The van der Waals surface area contributed by atoms with E-state index in [1.165, 1.54) is 0 Å². The third-order valence-corrected chi connectivity index (χ3v) is 4.13. The summed E-state index contributed by atoms with van der Waals surface area (Å²) in [5.41, 5.74) is 1.60. The molecule has 7 heteroatoms. The van der Waals surface area contributed by atoms with Gasteiger partial charge in [0, 0.05) is 24.6 Å². The molecule has 1 saturated heterocycles. The van der Waals surface area contributed by atoms with Crippen LogP contribution in [0.4, 0.5) is 0 Å². The van der Waals surface area contributed by atoms with E-state index in [9.17, 15) is 4.79 Å². The van der Waals surface area contributed by atoms with E-state index < -0.39 is 0 Å². The molecule has 0 aliphatic carbocycles. The highest BCUT2D eigenvalue weighted by Crippen LogP contribution is 2.14. The lowest BCUT2D eigenvalue weighted by Crippen LogP contribution is -2.50. The minimum absolute atomic E-state index is 0.0342. The Morgan fingerprint density at radius 1 is 1.44 bits per heavy atom. The molecule has 2 N–H and O–H groups in total. The van der Waals surface area contributed by atoms with Gasteiger partial charge in [-0.15, -0.1) is 0 Å². The topological polar surface area (TPSA) is 85.6 Å². The smallest absolute Gasteiger partial charge is 0.251 e. The molecule has 7 nitrogen and oxygen atoms in total. The van der Waals surface area contributed by atoms with E-state index in [-0.39, 0.29) is 31.3 Å². The van der Waals surface area contributed by atoms with Crippen LogP contribution in [0, 0.1) is 0 Å². The first kappa shape index (κ1) is 17.6. The van der Waals surface area contributed by atoms with Gasteiger partial charge in [0.15, 0.2) is 0 Å². The summed E-state index contributed by atoms with van der Waals surface area (Å²) in [7, 11) is 0. The molecular formula is C18H23N3O4. The van der Waals surface area contributed by atoms with Crippen molar-refractivity contribution in [2.24, 2.45) is 0 Å². The van der Waals surface area contributed by atoms with E-state index in [1.807, 2.05) is 35.1 Å². The van der Waals surface area contributed by atoms with E-state index in [0.29, 0.717) is 31.7 Å². The van der Waals surface area contributed by atoms with Gasteiger partial charge in [0.1, 0.15) is 0 Å². The van der Waals surface area contributed by atoms with Crippen LogP contribution in [0.1, 0.15) is 22.3 Å². The number of hydrogen-bond acceptors (Lipinski definition) is 5. The Labute approximate surface area is 146 Å². The lowest BCUT2D eigenvalue weighted by Gasteiger charge is -2.32. The Bertz CT molecular complexity index is 675. The van der Waals surface area contributed by atoms with Crippen molar-refractivity contribution in [1.82, 2.24) is 15.1 Å². The van der Waals surface area contributed by atoms with E-state index in [4.69, 9.17) is 14.6 Å². The van der Waals surface area contributed by atoms with Gasteiger partial charge in [-0.05, 0) is 30.2 Å². The normalized spacial score (nSPS) is 20.4. The van der Waals surface area contributed by atoms with Crippen LogP contribution in [0.25, 0.3) is 0 Å².